The number of hydrogen-bond donors (Lipinski definition) is 1. The van der Waals surface area contributed by atoms with Crippen molar-refractivity contribution < 1.29 is 23.5 Å². The van der Waals surface area contributed by atoms with E-state index in [9.17, 15) is 14.0 Å². The van der Waals surface area contributed by atoms with Crippen molar-refractivity contribution in [3.05, 3.63) is 53.8 Å². The van der Waals surface area contributed by atoms with Gasteiger partial charge in [0.25, 0.3) is 0 Å². The Hall–Kier alpha value is -3.09. The first-order chi connectivity index (χ1) is 13.0. The van der Waals surface area contributed by atoms with E-state index in [1.54, 1.807) is 30.3 Å². The summed E-state index contributed by atoms with van der Waals surface area (Å²) < 4.78 is 23.9. The molecule has 2 aromatic carbocycles. The number of benzene rings is 2. The lowest BCUT2D eigenvalue weighted by molar-refractivity contribution is -0.123. The summed E-state index contributed by atoms with van der Waals surface area (Å²) in [6.45, 7) is 2.64. The van der Waals surface area contributed by atoms with Crippen molar-refractivity contribution in [3.8, 4) is 11.5 Å². The third-order valence-corrected chi connectivity index (χ3v) is 4.17. The lowest BCUT2D eigenvalue weighted by Gasteiger charge is -2.24. The molecule has 6 nitrogen and oxygen atoms in total. The van der Waals surface area contributed by atoms with Crippen molar-refractivity contribution >= 4 is 17.5 Å². The Bertz CT molecular complexity index is 823. The summed E-state index contributed by atoms with van der Waals surface area (Å²) in [5, 5.41) is 2.78. The van der Waals surface area contributed by atoms with Crippen molar-refractivity contribution in [3.63, 3.8) is 0 Å². The fraction of sp³-hybridized carbons (Fsp3) is 0.300. The molecule has 7 heteroatoms. The van der Waals surface area contributed by atoms with Gasteiger partial charge in [0.15, 0.2) is 11.5 Å². The van der Waals surface area contributed by atoms with E-state index in [-0.39, 0.29) is 24.2 Å². The number of rotatable bonds is 6. The van der Waals surface area contributed by atoms with Crippen molar-refractivity contribution in [2.24, 2.45) is 0 Å². The average Bonchev–Trinajstić information content (AvgIpc) is 2.67. The van der Waals surface area contributed by atoms with Crippen LogP contribution in [0.15, 0.2) is 42.5 Å². The predicted octanol–water partition coefficient (Wildman–Crippen LogP) is 2.31. The summed E-state index contributed by atoms with van der Waals surface area (Å²) in [5.41, 5.74) is 1.49. The predicted molar refractivity (Wildman–Crippen MR) is 98.6 cm³/mol. The summed E-state index contributed by atoms with van der Waals surface area (Å²) in [6, 6.07) is 11.3. The van der Waals surface area contributed by atoms with E-state index >= 15 is 0 Å². The Balaban J connectivity index is 1.58. The molecular weight excluding hydrogens is 351 g/mol. The maximum Gasteiger partial charge on any atom is 0.240 e. The van der Waals surface area contributed by atoms with Gasteiger partial charge in [0, 0.05) is 25.2 Å². The fourth-order valence-corrected chi connectivity index (χ4v) is 2.78. The van der Waals surface area contributed by atoms with Gasteiger partial charge in [-0.3, -0.25) is 9.59 Å². The van der Waals surface area contributed by atoms with Crippen LogP contribution >= 0.6 is 0 Å². The Morgan fingerprint density at radius 2 is 1.78 bits per heavy atom. The zero-order valence-corrected chi connectivity index (χ0v) is 15.0. The minimum Gasteiger partial charge on any atom is -0.486 e. The lowest BCUT2D eigenvalue weighted by atomic mass is 10.1. The highest BCUT2D eigenvalue weighted by Crippen LogP contribution is 2.34. The number of halogens is 1. The van der Waals surface area contributed by atoms with Crippen molar-refractivity contribution in [1.29, 1.82) is 0 Å². The molecule has 1 aliphatic heterocycles. The van der Waals surface area contributed by atoms with Crippen LogP contribution in [-0.4, -0.2) is 38.1 Å². The number of hydrogen-bond acceptors (Lipinski definition) is 4. The SMILES string of the molecule is CC(=O)N(CC(=O)NCCc1ccc(F)cc1)c1ccc2c(c1)OCCO2. The van der Waals surface area contributed by atoms with Gasteiger partial charge in [0.05, 0.1) is 0 Å². The Morgan fingerprint density at radius 1 is 1.07 bits per heavy atom. The maximum absolute atomic E-state index is 12.9. The highest BCUT2D eigenvalue weighted by molar-refractivity contribution is 5.97. The van der Waals surface area contributed by atoms with Gasteiger partial charge in [-0.15, -0.1) is 0 Å². The molecule has 1 aliphatic rings. The second kappa shape index (κ2) is 8.53. The largest absolute Gasteiger partial charge is 0.486 e. The molecule has 1 N–H and O–H groups in total. The number of carbonyl (C=O) groups is 2. The molecule has 2 aromatic rings. The molecule has 1 heterocycles. The van der Waals surface area contributed by atoms with Crippen LogP contribution in [0.4, 0.5) is 10.1 Å². The van der Waals surface area contributed by atoms with Crippen molar-refractivity contribution in [2.45, 2.75) is 13.3 Å². The van der Waals surface area contributed by atoms with E-state index in [4.69, 9.17) is 9.47 Å². The lowest BCUT2D eigenvalue weighted by Crippen LogP contribution is -2.40. The third-order valence-electron chi connectivity index (χ3n) is 4.17. The molecule has 0 fully saturated rings. The van der Waals surface area contributed by atoms with Gasteiger partial charge in [0.1, 0.15) is 25.6 Å². The molecule has 0 bridgehead atoms. The standard InChI is InChI=1S/C20H21FN2O4/c1-14(24)23(17-6-7-18-19(12-17)27-11-10-26-18)13-20(25)22-9-8-15-2-4-16(21)5-3-15/h2-7,12H,8-11,13H2,1H3,(H,22,25). The summed E-state index contributed by atoms with van der Waals surface area (Å²) >= 11 is 0. The summed E-state index contributed by atoms with van der Waals surface area (Å²) in [4.78, 5) is 25.6. The highest BCUT2D eigenvalue weighted by atomic mass is 19.1. The second-order valence-corrected chi connectivity index (χ2v) is 6.16. The van der Waals surface area contributed by atoms with Gasteiger partial charge in [-0.05, 0) is 36.2 Å². The topological polar surface area (TPSA) is 67.9 Å². The number of nitrogens with one attached hydrogen (secondary N) is 1. The highest BCUT2D eigenvalue weighted by Gasteiger charge is 2.19. The number of carbonyl (C=O) groups excluding carboxylic acids is 2. The first kappa shape index (κ1) is 18.7. The zero-order chi connectivity index (χ0) is 19.2. The van der Waals surface area contributed by atoms with E-state index in [1.165, 1.54) is 24.0 Å². The smallest absolute Gasteiger partial charge is 0.240 e. The molecule has 27 heavy (non-hydrogen) atoms. The quantitative estimate of drug-likeness (QED) is 0.845. The van der Waals surface area contributed by atoms with E-state index in [0.29, 0.717) is 43.4 Å². The number of amides is 2. The molecule has 0 spiro atoms. The fourth-order valence-electron chi connectivity index (χ4n) is 2.78. The number of nitrogens with zero attached hydrogens (tertiary/aromatic N) is 1. The third kappa shape index (κ3) is 4.97. The molecule has 0 aliphatic carbocycles. The van der Waals surface area contributed by atoms with Crippen LogP contribution in [0.5, 0.6) is 11.5 Å². The molecule has 0 unspecified atom stereocenters. The molecule has 0 saturated heterocycles. The molecule has 2 amide bonds. The minimum atomic E-state index is -0.292. The summed E-state index contributed by atoms with van der Waals surface area (Å²) in [5.74, 6) is 0.362. The van der Waals surface area contributed by atoms with Crippen LogP contribution in [0.3, 0.4) is 0 Å². The molecule has 0 atom stereocenters. The van der Waals surface area contributed by atoms with Gasteiger partial charge in [-0.1, -0.05) is 12.1 Å². The van der Waals surface area contributed by atoms with Gasteiger partial charge in [-0.25, -0.2) is 4.39 Å². The monoisotopic (exact) mass is 372 g/mol. The van der Waals surface area contributed by atoms with Crippen LogP contribution < -0.4 is 19.7 Å². The molecule has 142 valence electrons. The number of fused-ring (bicyclic) bond motifs is 1. The van der Waals surface area contributed by atoms with Gasteiger partial charge in [-0.2, -0.15) is 0 Å². The molecular formula is C20H21FN2O4. The Morgan fingerprint density at radius 3 is 2.48 bits per heavy atom. The number of ether oxygens (including phenoxy) is 2. The van der Waals surface area contributed by atoms with E-state index in [0.717, 1.165) is 5.56 Å². The van der Waals surface area contributed by atoms with Crippen LogP contribution in [0.25, 0.3) is 0 Å². The molecule has 0 aromatic heterocycles. The second-order valence-electron chi connectivity index (χ2n) is 6.16. The van der Waals surface area contributed by atoms with Crippen LogP contribution in [0.1, 0.15) is 12.5 Å². The molecule has 0 radical (unpaired) electrons. The Kier molecular flexibility index (Phi) is 5.90. The van der Waals surface area contributed by atoms with Crippen molar-refractivity contribution in [1.82, 2.24) is 5.32 Å². The summed E-state index contributed by atoms with van der Waals surface area (Å²) in [6.07, 6.45) is 0.579. The zero-order valence-electron chi connectivity index (χ0n) is 15.0. The first-order valence-electron chi connectivity index (χ1n) is 8.72. The average molecular weight is 372 g/mol. The molecule has 0 saturated carbocycles. The van der Waals surface area contributed by atoms with Crippen LogP contribution in [-0.2, 0) is 16.0 Å². The van der Waals surface area contributed by atoms with Gasteiger partial charge >= 0.3 is 0 Å². The van der Waals surface area contributed by atoms with E-state index in [2.05, 4.69) is 5.32 Å². The number of anilines is 1. The van der Waals surface area contributed by atoms with Crippen LogP contribution in [0, 0.1) is 5.82 Å². The van der Waals surface area contributed by atoms with Crippen molar-refractivity contribution in [2.75, 3.05) is 31.2 Å². The molecule has 3 rings (SSSR count). The van der Waals surface area contributed by atoms with E-state index < -0.39 is 0 Å². The first-order valence-corrected chi connectivity index (χ1v) is 8.72. The van der Waals surface area contributed by atoms with Crippen LogP contribution in [0.2, 0.25) is 0 Å². The minimum absolute atomic E-state index is 0.0988. The summed E-state index contributed by atoms with van der Waals surface area (Å²) in [7, 11) is 0. The maximum atomic E-state index is 12.9. The Labute approximate surface area is 156 Å². The van der Waals surface area contributed by atoms with Gasteiger partial charge in [0.2, 0.25) is 11.8 Å². The normalized spacial score (nSPS) is 12.4. The van der Waals surface area contributed by atoms with Gasteiger partial charge < -0.3 is 19.7 Å². The van der Waals surface area contributed by atoms with E-state index in [1.807, 2.05) is 0 Å².